The SMILES string of the molecule is Cc1ccncc1-c1ncc2[nH]nc(-c3nc4c(-c5cccnc5)cncc4[nH]3)c2c1F. The largest absolute Gasteiger partial charge is 0.335 e. The van der Waals surface area contributed by atoms with E-state index in [0.717, 1.165) is 22.2 Å². The second-order valence-electron chi connectivity index (χ2n) is 7.38. The van der Waals surface area contributed by atoms with Gasteiger partial charge in [-0.3, -0.25) is 25.0 Å². The lowest BCUT2D eigenvalue weighted by Gasteiger charge is -2.06. The second-order valence-corrected chi connectivity index (χ2v) is 7.38. The number of imidazole rings is 1. The highest BCUT2D eigenvalue weighted by molar-refractivity contribution is 5.97. The molecule has 0 aromatic carbocycles. The fourth-order valence-electron chi connectivity index (χ4n) is 3.82. The van der Waals surface area contributed by atoms with E-state index < -0.39 is 5.82 Å². The van der Waals surface area contributed by atoms with Crippen LogP contribution in [-0.2, 0) is 0 Å². The molecule has 0 atom stereocenters. The van der Waals surface area contributed by atoms with Gasteiger partial charge in [0.15, 0.2) is 11.6 Å². The topological polar surface area (TPSA) is 109 Å². The van der Waals surface area contributed by atoms with E-state index >= 15 is 4.39 Å². The van der Waals surface area contributed by atoms with Gasteiger partial charge in [0.1, 0.15) is 16.9 Å². The van der Waals surface area contributed by atoms with Crippen molar-refractivity contribution in [2.75, 3.05) is 0 Å². The first-order valence-electron chi connectivity index (χ1n) is 9.89. The number of hydrogen-bond donors (Lipinski definition) is 2. The summed E-state index contributed by atoms with van der Waals surface area (Å²) >= 11 is 0. The Labute approximate surface area is 180 Å². The van der Waals surface area contributed by atoms with Crippen LogP contribution in [0.2, 0.25) is 0 Å². The minimum atomic E-state index is -0.478. The van der Waals surface area contributed by atoms with Crippen molar-refractivity contribution in [3.05, 3.63) is 73.0 Å². The number of H-pyrrole nitrogens is 2. The first-order valence-corrected chi connectivity index (χ1v) is 9.89. The average Bonchev–Trinajstić information content (AvgIpc) is 3.45. The Hall–Kier alpha value is -4.53. The number of halogens is 1. The monoisotopic (exact) mass is 422 g/mol. The van der Waals surface area contributed by atoms with Crippen molar-refractivity contribution < 1.29 is 4.39 Å². The van der Waals surface area contributed by atoms with Gasteiger partial charge in [-0.1, -0.05) is 6.07 Å². The molecule has 2 N–H and O–H groups in total. The van der Waals surface area contributed by atoms with Crippen molar-refractivity contribution in [2.24, 2.45) is 0 Å². The van der Waals surface area contributed by atoms with Crippen LogP contribution in [0.15, 0.2) is 61.6 Å². The number of rotatable bonds is 3. The first-order chi connectivity index (χ1) is 15.7. The van der Waals surface area contributed by atoms with E-state index in [1.54, 1.807) is 43.4 Å². The summed E-state index contributed by atoms with van der Waals surface area (Å²) in [5.74, 6) is -0.0447. The van der Waals surface area contributed by atoms with Crippen LogP contribution in [0.4, 0.5) is 4.39 Å². The van der Waals surface area contributed by atoms with E-state index in [2.05, 4.69) is 35.1 Å². The molecule has 0 unspecified atom stereocenters. The van der Waals surface area contributed by atoms with Crippen LogP contribution in [0.1, 0.15) is 5.56 Å². The Kier molecular flexibility index (Phi) is 4.00. The molecule has 0 radical (unpaired) electrons. The van der Waals surface area contributed by atoms with Crippen molar-refractivity contribution in [1.82, 2.24) is 40.1 Å². The van der Waals surface area contributed by atoms with Gasteiger partial charge in [0.25, 0.3) is 0 Å². The zero-order chi connectivity index (χ0) is 21.7. The van der Waals surface area contributed by atoms with Crippen LogP contribution in [0.5, 0.6) is 0 Å². The van der Waals surface area contributed by atoms with Gasteiger partial charge in [-0.05, 0) is 24.6 Å². The van der Waals surface area contributed by atoms with E-state index in [1.165, 1.54) is 0 Å². The molecule has 0 amide bonds. The third-order valence-electron chi connectivity index (χ3n) is 5.43. The Morgan fingerprint density at radius 1 is 0.844 bits per heavy atom. The lowest BCUT2D eigenvalue weighted by Crippen LogP contribution is -1.94. The average molecular weight is 422 g/mol. The molecule has 0 aliphatic rings. The molecule has 0 bridgehead atoms. The number of aromatic amines is 2. The Bertz CT molecular complexity index is 1600. The molecule has 6 aromatic rings. The van der Waals surface area contributed by atoms with E-state index in [4.69, 9.17) is 4.98 Å². The van der Waals surface area contributed by atoms with Crippen LogP contribution >= 0.6 is 0 Å². The van der Waals surface area contributed by atoms with Gasteiger partial charge >= 0.3 is 0 Å². The molecule has 8 nitrogen and oxygen atoms in total. The number of hydrogen-bond acceptors (Lipinski definition) is 6. The maximum Gasteiger partial charge on any atom is 0.161 e. The van der Waals surface area contributed by atoms with Crippen molar-refractivity contribution in [3.63, 3.8) is 0 Å². The van der Waals surface area contributed by atoms with E-state index in [0.29, 0.717) is 33.5 Å². The van der Waals surface area contributed by atoms with Crippen LogP contribution in [0, 0.1) is 12.7 Å². The summed E-state index contributed by atoms with van der Waals surface area (Å²) in [6, 6.07) is 5.62. The molecule has 0 spiro atoms. The standard InChI is InChI=1S/C23H15FN8/c1-12-4-6-26-8-14(12)21-19(24)18-16(11-28-21)31-32-22(18)23-29-17-10-27-9-15(20(17)30-23)13-3-2-5-25-7-13/h2-11H,1H3,(H,29,30)(H,31,32). The van der Waals surface area contributed by atoms with Gasteiger partial charge in [-0.25, -0.2) is 9.37 Å². The molecule has 0 aliphatic carbocycles. The number of aryl methyl sites for hydroxylation is 1. The van der Waals surface area contributed by atoms with E-state index in [9.17, 15) is 0 Å². The third kappa shape index (κ3) is 2.75. The molecule has 154 valence electrons. The normalized spacial score (nSPS) is 11.4. The highest BCUT2D eigenvalue weighted by Crippen LogP contribution is 2.34. The molecule has 0 saturated carbocycles. The van der Waals surface area contributed by atoms with Gasteiger partial charge in [0.05, 0.1) is 28.8 Å². The van der Waals surface area contributed by atoms with Crippen molar-refractivity contribution in [1.29, 1.82) is 0 Å². The molecule has 6 heterocycles. The van der Waals surface area contributed by atoms with Crippen LogP contribution in [-0.4, -0.2) is 40.1 Å². The van der Waals surface area contributed by atoms with Crippen molar-refractivity contribution in [3.8, 4) is 33.9 Å². The fraction of sp³-hybridized carbons (Fsp3) is 0.0435. The molecular weight excluding hydrogens is 407 g/mol. The summed E-state index contributed by atoms with van der Waals surface area (Å²) in [5.41, 5.74) is 5.72. The summed E-state index contributed by atoms with van der Waals surface area (Å²) < 4.78 is 15.7. The van der Waals surface area contributed by atoms with Gasteiger partial charge in [-0.2, -0.15) is 5.10 Å². The zero-order valence-corrected chi connectivity index (χ0v) is 16.8. The lowest BCUT2D eigenvalue weighted by molar-refractivity contribution is 0.638. The van der Waals surface area contributed by atoms with Crippen molar-refractivity contribution >= 4 is 21.9 Å². The molecular formula is C23H15FN8. The number of nitrogens with zero attached hydrogens (tertiary/aromatic N) is 6. The predicted octanol–water partition coefficient (Wildman–Crippen LogP) is 4.47. The quantitative estimate of drug-likeness (QED) is 0.436. The molecule has 0 fully saturated rings. The van der Waals surface area contributed by atoms with Crippen LogP contribution < -0.4 is 0 Å². The zero-order valence-electron chi connectivity index (χ0n) is 16.8. The van der Waals surface area contributed by atoms with Gasteiger partial charge in [0.2, 0.25) is 0 Å². The molecule has 6 rings (SSSR count). The summed E-state index contributed by atoms with van der Waals surface area (Å²) in [4.78, 5) is 24.9. The number of nitrogens with one attached hydrogen (secondary N) is 2. The highest BCUT2D eigenvalue weighted by Gasteiger charge is 2.21. The Morgan fingerprint density at radius 2 is 1.72 bits per heavy atom. The van der Waals surface area contributed by atoms with Gasteiger partial charge in [0, 0.05) is 47.7 Å². The van der Waals surface area contributed by atoms with Gasteiger partial charge < -0.3 is 4.98 Å². The molecule has 0 saturated heterocycles. The summed E-state index contributed by atoms with van der Waals surface area (Å²) in [7, 11) is 0. The van der Waals surface area contributed by atoms with Crippen LogP contribution in [0.25, 0.3) is 55.8 Å². The maximum absolute atomic E-state index is 15.7. The summed E-state index contributed by atoms with van der Waals surface area (Å²) in [6.07, 6.45) is 11.7. The minimum Gasteiger partial charge on any atom is -0.335 e. The minimum absolute atomic E-state index is 0.222. The molecule has 0 aliphatic heterocycles. The third-order valence-corrected chi connectivity index (χ3v) is 5.43. The first kappa shape index (κ1) is 18.3. The van der Waals surface area contributed by atoms with Gasteiger partial charge in [-0.15, -0.1) is 0 Å². The van der Waals surface area contributed by atoms with Crippen molar-refractivity contribution in [2.45, 2.75) is 6.92 Å². The fourth-order valence-corrected chi connectivity index (χ4v) is 3.82. The predicted molar refractivity (Wildman–Crippen MR) is 118 cm³/mol. The summed E-state index contributed by atoms with van der Waals surface area (Å²) in [5, 5.41) is 7.50. The Morgan fingerprint density at radius 3 is 2.56 bits per heavy atom. The Balaban J connectivity index is 1.56. The molecule has 6 aromatic heterocycles. The number of pyridine rings is 4. The molecule has 9 heteroatoms. The number of aromatic nitrogens is 8. The maximum atomic E-state index is 15.7. The summed E-state index contributed by atoms with van der Waals surface area (Å²) in [6.45, 7) is 1.89. The van der Waals surface area contributed by atoms with E-state index in [1.807, 2.05) is 25.1 Å². The van der Waals surface area contributed by atoms with Crippen LogP contribution in [0.3, 0.4) is 0 Å². The second kappa shape index (κ2) is 7.02. The smallest absolute Gasteiger partial charge is 0.161 e. The number of fused-ring (bicyclic) bond motifs is 2. The highest BCUT2D eigenvalue weighted by atomic mass is 19.1. The molecule has 32 heavy (non-hydrogen) atoms. The van der Waals surface area contributed by atoms with E-state index in [-0.39, 0.29) is 5.69 Å². The lowest BCUT2D eigenvalue weighted by atomic mass is 10.1.